The second kappa shape index (κ2) is 8.68. The molecule has 3 aromatic rings. The van der Waals surface area contributed by atoms with Crippen LogP contribution in [0, 0.1) is 4.77 Å². The Morgan fingerprint density at radius 3 is 2.74 bits per heavy atom. The first-order chi connectivity index (χ1) is 15.0. The van der Waals surface area contributed by atoms with Crippen LogP contribution in [0.5, 0.6) is 11.5 Å². The molecular formula is C21H21N5O4S. The van der Waals surface area contributed by atoms with Crippen LogP contribution in [0.1, 0.15) is 23.3 Å². The normalized spacial score (nSPS) is 14.8. The fourth-order valence-electron chi connectivity index (χ4n) is 3.50. The zero-order chi connectivity index (χ0) is 22.0. The van der Waals surface area contributed by atoms with Gasteiger partial charge in [0.2, 0.25) is 10.7 Å². The fraction of sp³-hybridized carbons (Fsp3) is 0.286. The van der Waals surface area contributed by atoms with Crippen molar-refractivity contribution in [2.75, 3.05) is 19.5 Å². The van der Waals surface area contributed by atoms with E-state index in [1.165, 1.54) is 18.8 Å². The number of aromatic nitrogens is 3. The Morgan fingerprint density at radius 2 is 2.03 bits per heavy atom. The third-order valence-corrected chi connectivity index (χ3v) is 5.34. The van der Waals surface area contributed by atoms with Gasteiger partial charge in [-0.3, -0.25) is 14.6 Å². The van der Waals surface area contributed by atoms with Crippen molar-refractivity contribution < 1.29 is 19.1 Å². The number of methoxy groups -OCH3 is 2. The lowest BCUT2D eigenvalue weighted by molar-refractivity contribution is -0.121. The van der Waals surface area contributed by atoms with Gasteiger partial charge in [-0.05, 0) is 36.8 Å². The van der Waals surface area contributed by atoms with Gasteiger partial charge >= 0.3 is 0 Å². The van der Waals surface area contributed by atoms with E-state index in [0.717, 1.165) is 5.69 Å². The number of pyridine rings is 1. The van der Waals surface area contributed by atoms with Gasteiger partial charge in [0.25, 0.3) is 5.91 Å². The molecule has 0 unspecified atom stereocenters. The van der Waals surface area contributed by atoms with E-state index < -0.39 is 6.04 Å². The minimum absolute atomic E-state index is 0.148. The number of ether oxygens (including phenoxy) is 2. The fourth-order valence-corrected chi connectivity index (χ4v) is 3.78. The second-order valence-corrected chi connectivity index (χ2v) is 7.34. The number of carbonyl (C=O) groups excluding carboxylic acids is 2. The van der Waals surface area contributed by atoms with Gasteiger partial charge in [0.05, 0.1) is 32.0 Å². The van der Waals surface area contributed by atoms with Crippen molar-refractivity contribution in [3.05, 3.63) is 47.0 Å². The molecule has 2 aromatic heterocycles. The number of benzene rings is 1. The Bertz CT molecular complexity index is 1210. The summed E-state index contributed by atoms with van der Waals surface area (Å²) in [5.41, 5.74) is 1.36. The van der Waals surface area contributed by atoms with E-state index in [1.807, 2.05) is 18.2 Å². The molecule has 1 atom stereocenters. The first-order valence-electron chi connectivity index (χ1n) is 9.68. The monoisotopic (exact) mass is 439 g/mol. The van der Waals surface area contributed by atoms with Crippen molar-refractivity contribution in [3.8, 4) is 11.5 Å². The summed E-state index contributed by atoms with van der Waals surface area (Å²) in [6, 6.07) is 8.40. The Labute approximate surface area is 183 Å². The van der Waals surface area contributed by atoms with Gasteiger partial charge in [-0.1, -0.05) is 6.07 Å². The molecule has 3 heterocycles. The van der Waals surface area contributed by atoms with E-state index >= 15 is 0 Å². The van der Waals surface area contributed by atoms with E-state index in [2.05, 4.69) is 20.6 Å². The predicted molar refractivity (Wildman–Crippen MR) is 117 cm³/mol. The van der Waals surface area contributed by atoms with Gasteiger partial charge in [0, 0.05) is 24.1 Å². The molecule has 0 saturated heterocycles. The first kappa shape index (κ1) is 20.7. The van der Waals surface area contributed by atoms with Crippen LogP contribution in [0.15, 0.2) is 36.5 Å². The largest absolute Gasteiger partial charge is 0.493 e. The molecule has 0 saturated carbocycles. The van der Waals surface area contributed by atoms with Gasteiger partial charge < -0.3 is 20.1 Å². The number of rotatable bonds is 7. The van der Waals surface area contributed by atoms with Crippen molar-refractivity contribution in [2.24, 2.45) is 0 Å². The third-order valence-electron chi connectivity index (χ3n) is 5.07. The molecule has 0 radical (unpaired) electrons. The lowest BCUT2D eigenvalue weighted by Gasteiger charge is -2.12. The molecule has 4 rings (SSSR count). The number of carbonyl (C=O) groups is 2. The molecule has 1 amide bonds. The molecule has 1 aliphatic heterocycles. The Morgan fingerprint density at radius 1 is 1.26 bits per heavy atom. The Kier molecular flexibility index (Phi) is 5.81. The Hall–Kier alpha value is -3.53. The van der Waals surface area contributed by atoms with Gasteiger partial charge in [-0.25, -0.2) is 9.55 Å². The highest BCUT2D eigenvalue weighted by Gasteiger charge is 2.32. The van der Waals surface area contributed by atoms with Gasteiger partial charge in [-0.2, -0.15) is 0 Å². The average molecular weight is 439 g/mol. The summed E-state index contributed by atoms with van der Waals surface area (Å²) >= 11 is 5.34. The van der Waals surface area contributed by atoms with Crippen molar-refractivity contribution in [2.45, 2.75) is 25.4 Å². The van der Waals surface area contributed by atoms with Crippen molar-refractivity contribution in [3.63, 3.8) is 0 Å². The lowest BCUT2D eigenvalue weighted by Crippen LogP contribution is -2.29. The smallest absolute Gasteiger partial charge is 0.257 e. The van der Waals surface area contributed by atoms with E-state index in [0.29, 0.717) is 41.2 Å². The van der Waals surface area contributed by atoms with Crippen molar-refractivity contribution in [1.82, 2.24) is 19.9 Å². The highest BCUT2D eigenvalue weighted by Crippen LogP contribution is 2.36. The van der Waals surface area contributed by atoms with Crippen LogP contribution in [0.4, 0.5) is 5.82 Å². The molecule has 31 heavy (non-hydrogen) atoms. The molecule has 0 bridgehead atoms. The number of hydrogen-bond acceptors (Lipinski definition) is 8. The second-order valence-electron chi connectivity index (χ2n) is 6.97. The van der Waals surface area contributed by atoms with Crippen LogP contribution in [0.25, 0.3) is 10.9 Å². The topological polar surface area (TPSA) is 107 Å². The zero-order valence-electron chi connectivity index (χ0n) is 17.0. The number of nitrogens with zero attached hydrogens (tertiary/aromatic N) is 3. The summed E-state index contributed by atoms with van der Waals surface area (Å²) in [7, 11) is 3.08. The van der Waals surface area contributed by atoms with Gasteiger partial charge in [0.15, 0.2) is 11.5 Å². The van der Waals surface area contributed by atoms with Crippen LogP contribution >= 0.6 is 12.2 Å². The lowest BCUT2D eigenvalue weighted by atomic mass is 10.1. The molecule has 0 fully saturated rings. The minimum Gasteiger partial charge on any atom is -0.493 e. The highest BCUT2D eigenvalue weighted by atomic mass is 32.1. The van der Waals surface area contributed by atoms with Crippen LogP contribution < -0.4 is 20.1 Å². The summed E-state index contributed by atoms with van der Waals surface area (Å²) in [5.74, 6) is 1.19. The maximum absolute atomic E-state index is 12.9. The van der Waals surface area contributed by atoms with Crippen molar-refractivity contribution in [1.29, 1.82) is 0 Å². The van der Waals surface area contributed by atoms with Crippen LogP contribution in [0.3, 0.4) is 0 Å². The molecule has 10 heteroatoms. The Balaban J connectivity index is 1.50. The predicted octanol–water partition coefficient (Wildman–Crippen LogP) is 2.71. The third kappa shape index (κ3) is 4.06. The SMILES string of the molecule is COc1cc2nc(=S)n3c(c2cc1OC)N[C@@H](CCC(=O)NCc1ccccn1)C3=O. The summed E-state index contributed by atoms with van der Waals surface area (Å²) in [5, 5.41) is 6.70. The van der Waals surface area contributed by atoms with E-state index in [-0.39, 0.29) is 23.0 Å². The summed E-state index contributed by atoms with van der Waals surface area (Å²) in [6.07, 6.45) is 2.17. The van der Waals surface area contributed by atoms with E-state index in [9.17, 15) is 9.59 Å². The maximum atomic E-state index is 12.9. The molecule has 1 aliphatic rings. The number of anilines is 1. The van der Waals surface area contributed by atoms with Gasteiger partial charge in [0.1, 0.15) is 11.9 Å². The van der Waals surface area contributed by atoms with Gasteiger partial charge in [-0.15, -0.1) is 0 Å². The maximum Gasteiger partial charge on any atom is 0.257 e. The highest BCUT2D eigenvalue weighted by molar-refractivity contribution is 7.71. The zero-order valence-corrected chi connectivity index (χ0v) is 17.9. The molecule has 9 nitrogen and oxygen atoms in total. The molecule has 0 aliphatic carbocycles. The molecular weight excluding hydrogens is 418 g/mol. The standard InChI is InChI=1S/C21H21N5O4S/c1-29-16-9-13-15(10-17(16)30-2)25-21(31)26-19(13)24-14(20(26)28)6-7-18(27)23-11-12-5-3-4-8-22-12/h3-5,8-10,14,24H,6-7,11H2,1-2H3,(H,23,27)/t14-/m0/s1. The number of hydrogen-bond donors (Lipinski definition) is 2. The quantitative estimate of drug-likeness (QED) is 0.541. The molecule has 2 N–H and O–H groups in total. The number of fused-ring (bicyclic) bond motifs is 3. The molecule has 0 spiro atoms. The van der Waals surface area contributed by atoms with Crippen molar-refractivity contribution >= 4 is 40.8 Å². The van der Waals surface area contributed by atoms with E-state index in [1.54, 1.807) is 18.3 Å². The summed E-state index contributed by atoms with van der Waals surface area (Å²) in [4.78, 5) is 33.7. The number of amides is 1. The molecule has 160 valence electrons. The average Bonchev–Trinajstić information content (AvgIpc) is 3.13. The first-order valence-corrected chi connectivity index (χ1v) is 10.1. The summed E-state index contributed by atoms with van der Waals surface area (Å²) in [6.45, 7) is 0.340. The van der Waals surface area contributed by atoms with Crippen LogP contribution in [-0.4, -0.2) is 46.6 Å². The van der Waals surface area contributed by atoms with E-state index in [4.69, 9.17) is 21.7 Å². The minimum atomic E-state index is -0.581. The summed E-state index contributed by atoms with van der Waals surface area (Å²) < 4.78 is 12.2. The van der Waals surface area contributed by atoms with Crippen LogP contribution in [-0.2, 0) is 11.3 Å². The van der Waals surface area contributed by atoms with Crippen LogP contribution in [0.2, 0.25) is 0 Å². The molecule has 1 aromatic carbocycles. The number of nitrogens with one attached hydrogen (secondary N) is 2.